The highest BCUT2D eigenvalue weighted by Crippen LogP contribution is 2.48. The second-order valence-electron chi connectivity index (χ2n) is 19.8. The van der Waals surface area contributed by atoms with Crippen molar-refractivity contribution in [3.05, 3.63) is 71.8 Å². The molecule has 4 heterocycles. The van der Waals surface area contributed by atoms with Crippen LogP contribution in [0.15, 0.2) is 60.7 Å². The zero-order chi connectivity index (χ0) is 49.9. The molecule has 0 bridgehead atoms. The van der Waals surface area contributed by atoms with Gasteiger partial charge in [-0.1, -0.05) is 88.4 Å². The number of carbonyl (C=O) groups is 6. The highest BCUT2D eigenvalue weighted by atomic mass is 32.2. The van der Waals surface area contributed by atoms with Crippen molar-refractivity contribution in [3.63, 3.8) is 0 Å². The van der Waals surface area contributed by atoms with Crippen LogP contribution in [0, 0.1) is 10.8 Å². The Hall–Kier alpha value is -4.24. The Balaban J connectivity index is 1.00. The van der Waals surface area contributed by atoms with E-state index in [1.165, 1.54) is 0 Å². The molecule has 0 spiro atoms. The van der Waals surface area contributed by atoms with Crippen molar-refractivity contribution in [2.75, 3.05) is 65.2 Å². The van der Waals surface area contributed by atoms with Crippen LogP contribution in [0.2, 0.25) is 0 Å². The van der Waals surface area contributed by atoms with Crippen molar-refractivity contribution in [1.82, 2.24) is 41.7 Å². The number of nitrogens with zero attached hydrogens (tertiary/aromatic N) is 2. The van der Waals surface area contributed by atoms with Gasteiger partial charge < -0.3 is 55.9 Å². The third-order valence-electron chi connectivity index (χ3n) is 13.7. The van der Waals surface area contributed by atoms with Crippen LogP contribution in [0.3, 0.4) is 0 Å². The summed E-state index contributed by atoms with van der Waals surface area (Å²) in [5, 5.41) is 17.7. The van der Waals surface area contributed by atoms with Crippen molar-refractivity contribution >= 4 is 59.0 Å². The fourth-order valence-corrected chi connectivity index (χ4v) is 12.8. The zero-order valence-corrected chi connectivity index (χ0v) is 43.1. The van der Waals surface area contributed by atoms with Gasteiger partial charge >= 0.3 is 0 Å². The molecule has 4 saturated heterocycles. The molecule has 0 aromatic heterocycles. The van der Waals surface area contributed by atoms with E-state index in [0.717, 1.165) is 11.1 Å². The highest BCUT2D eigenvalue weighted by molar-refractivity contribution is 8.00. The van der Waals surface area contributed by atoms with E-state index in [-0.39, 0.29) is 85.8 Å². The summed E-state index contributed by atoms with van der Waals surface area (Å²) in [5.74, 6) is -0.190. The number of nitrogens with one attached hydrogen (secondary N) is 6. The third kappa shape index (κ3) is 13.6. The zero-order valence-electron chi connectivity index (χ0n) is 41.4. The number of fused-ring (bicyclic) bond motifs is 2. The minimum absolute atomic E-state index is 0.166. The lowest BCUT2D eigenvalue weighted by Gasteiger charge is -2.35. The largest absolute Gasteiger partial charge is 0.377 e. The molecule has 10 atom stereocenters. The van der Waals surface area contributed by atoms with E-state index in [1.54, 1.807) is 61.3 Å². The number of carbonyl (C=O) groups excluding carboxylic acids is 6. The van der Waals surface area contributed by atoms with Crippen LogP contribution in [0.5, 0.6) is 0 Å². The van der Waals surface area contributed by atoms with Crippen molar-refractivity contribution in [3.8, 4) is 0 Å². The molecule has 69 heavy (non-hydrogen) atoms. The maximum absolute atomic E-state index is 14.4. The van der Waals surface area contributed by atoms with Crippen LogP contribution in [0.25, 0.3) is 0 Å². The monoisotopic (exact) mass is 995 g/mol. The summed E-state index contributed by atoms with van der Waals surface area (Å²) < 4.78 is 18.1. The average Bonchev–Trinajstić information content (AvgIpc) is 3.65. The Morgan fingerprint density at radius 3 is 1.33 bits per heavy atom. The molecule has 0 saturated carbocycles. The standard InChI is InChI=1S/C50H74N8O9S2/c1-31(51-7)43(59)53-35-19-25-68-39-27-49(3,4)41(57(39)47(35)63)45(61)55-37(33-15-11-9-12-16-33)29-66-23-21-65-22-24-67-30-38(34-17-13-10-14-18-34)56-46(62)42-50(5,6)28-40-58(42)48(64)36(20-26-69-40)54-44(60)32(2)52-8/h9-18,31-32,35-42,51-52H,19-30H2,1-8H3,(H,53,59)(H,54,60)(H,55,61)(H,56,62)/t31-,32-,35-,36-,37+,38?,39-,40-,41+,42+/m0/s1. The van der Waals surface area contributed by atoms with Crippen LogP contribution < -0.4 is 31.9 Å². The van der Waals surface area contributed by atoms with Crippen molar-refractivity contribution in [2.24, 2.45) is 10.8 Å². The molecular weight excluding hydrogens is 921 g/mol. The fraction of sp³-hybridized carbons (Fsp3) is 0.640. The number of hydrogen-bond donors (Lipinski definition) is 6. The summed E-state index contributed by atoms with van der Waals surface area (Å²) in [7, 11) is 3.39. The summed E-state index contributed by atoms with van der Waals surface area (Å²) in [4.78, 5) is 86.0. The van der Waals surface area contributed by atoms with E-state index >= 15 is 0 Å². The molecule has 4 aliphatic rings. The summed E-state index contributed by atoms with van der Waals surface area (Å²) in [6.07, 6.45) is 2.26. The first-order chi connectivity index (χ1) is 33.0. The molecule has 17 nitrogen and oxygen atoms in total. The smallest absolute Gasteiger partial charge is 0.246 e. The van der Waals surface area contributed by atoms with Crippen molar-refractivity contribution in [2.45, 2.75) is 126 Å². The van der Waals surface area contributed by atoms with E-state index in [0.29, 0.717) is 37.2 Å². The predicted octanol–water partition coefficient (Wildman–Crippen LogP) is 3.12. The molecule has 2 aromatic carbocycles. The van der Waals surface area contributed by atoms with E-state index in [4.69, 9.17) is 14.2 Å². The average molecular weight is 995 g/mol. The van der Waals surface area contributed by atoms with Crippen molar-refractivity contribution < 1.29 is 43.0 Å². The number of hydrogen-bond acceptors (Lipinski definition) is 13. The molecule has 4 aliphatic heterocycles. The molecule has 0 radical (unpaired) electrons. The van der Waals surface area contributed by atoms with Gasteiger partial charge in [-0.2, -0.15) is 0 Å². The van der Waals surface area contributed by atoms with Gasteiger partial charge in [-0.25, -0.2) is 0 Å². The minimum atomic E-state index is -0.753. The molecule has 1 unspecified atom stereocenters. The second kappa shape index (κ2) is 24.7. The van der Waals surface area contributed by atoms with E-state index in [9.17, 15) is 28.8 Å². The SMILES string of the molecule is CN[C@@H](C)C(=O)N[C@H]1CCS[C@H]2CC(C)(C)[C@@H](C(=O)NC(COCCOCCOC[C@@H](NC(=O)[C@H]3N4C(=O)[C@@H](NC(=O)[C@H](C)NC)CCS[C@H]4CC3(C)C)c3ccccc3)c3ccccc3)N2C1=O. The van der Waals surface area contributed by atoms with Gasteiger partial charge in [0.2, 0.25) is 35.4 Å². The Bertz CT molecular complexity index is 1930. The maximum atomic E-state index is 14.4. The van der Waals surface area contributed by atoms with Crippen LogP contribution in [-0.2, 0) is 43.0 Å². The first kappa shape index (κ1) is 54.1. The topological polar surface area (TPSA) is 209 Å². The summed E-state index contributed by atoms with van der Waals surface area (Å²) in [5.41, 5.74) is 0.670. The van der Waals surface area contributed by atoms with Crippen LogP contribution in [0.1, 0.15) is 90.4 Å². The summed E-state index contributed by atoms with van der Waals surface area (Å²) in [6, 6.07) is 14.3. The van der Waals surface area contributed by atoms with Gasteiger partial charge in [0.25, 0.3) is 0 Å². The van der Waals surface area contributed by atoms with Crippen LogP contribution in [0.4, 0.5) is 0 Å². The maximum Gasteiger partial charge on any atom is 0.246 e. The Morgan fingerprint density at radius 2 is 0.971 bits per heavy atom. The minimum Gasteiger partial charge on any atom is -0.377 e. The van der Waals surface area contributed by atoms with Gasteiger partial charge in [0.05, 0.1) is 74.6 Å². The fourth-order valence-electron chi connectivity index (χ4n) is 9.61. The molecule has 380 valence electrons. The number of benzene rings is 2. The molecule has 6 rings (SSSR count). The Labute approximate surface area is 416 Å². The van der Waals surface area contributed by atoms with Crippen molar-refractivity contribution in [1.29, 1.82) is 0 Å². The molecule has 6 amide bonds. The molecular formula is C50H74N8O9S2. The summed E-state index contributed by atoms with van der Waals surface area (Å²) >= 11 is 3.30. The second-order valence-corrected chi connectivity index (χ2v) is 22.3. The molecule has 19 heteroatoms. The molecule has 0 aliphatic carbocycles. The van der Waals surface area contributed by atoms with Gasteiger partial charge in [0.15, 0.2) is 0 Å². The molecule has 4 fully saturated rings. The number of rotatable bonds is 22. The van der Waals surface area contributed by atoms with Crippen LogP contribution >= 0.6 is 23.5 Å². The first-order valence-corrected chi connectivity index (χ1v) is 26.3. The number of thioether (sulfide) groups is 2. The Morgan fingerprint density at radius 1 is 0.609 bits per heavy atom. The highest BCUT2D eigenvalue weighted by Gasteiger charge is 2.56. The lowest BCUT2D eigenvalue weighted by atomic mass is 9.83. The molecule has 2 aromatic rings. The van der Waals surface area contributed by atoms with Gasteiger partial charge in [0, 0.05) is 0 Å². The quantitative estimate of drug-likeness (QED) is 0.0940. The number of likely N-dealkylation sites (N-methyl/N-ethyl adjacent to an activating group) is 2. The predicted molar refractivity (Wildman–Crippen MR) is 268 cm³/mol. The number of ether oxygens (including phenoxy) is 3. The van der Waals surface area contributed by atoms with E-state index in [2.05, 4.69) is 31.9 Å². The summed E-state index contributed by atoms with van der Waals surface area (Å²) in [6.45, 7) is 12.9. The van der Waals surface area contributed by atoms with E-state index in [1.807, 2.05) is 88.4 Å². The van der Waals surface area contributed by atoms with Crippen LogP contribution in [-0.4, -0.2) is 157 Å². The first-order valence-electron chi connectivity index (χ1n) is 24.2. The van der Waals surface area contributed by atoms with E-state index < -0.39 is 59.2 Å². The lowest BCUT2D eigenvalue weighted by molar-refractivity contribution is -0.144. The van der Waals surface area contributed by atoms with Gasteiger partial charge in [-0.15, -0.1) is 23.5 Å². The van der Waals surface area contributed by atoms with Gasteiger partial charge in [-0.05, 0) is 87.1 Å². The normalized spacial score (nSPS) is 25.8. The molecule has 6 N–H and O–H groups in total. The Kier molecular flexibility index (Phi) is 19.4. The number of amides is 6. The van der Waals surface area contributed by atoms with Gasteiger partial charge in [0.1, 0.15) is 24.2 Å². The van der Waals surface area contributed by atoms with Gasteiger partial charge in [-0.3, -0.25) is 28.8 Å². The third-order valence-corrected chi connectivity index (χ3v) is 16.2. The lowest BCUT2D eigenvalue weighted by Crippen LogP contribution is -2.58.